The lowest BCUT2D eigenvalue weighted by Gasteiger charge is -2.37. The lowest BCUT2D eigenvalue weighted by atomic mass is 9.93. The zero-order valence-corrected chi connectivity index (χ0v) is 14.5. The van der Waals surface area contributed by atoms with Crippen molar-refractivity contribution in [1.29, 1.82) is 0 Å². The van der Waals surface area contributed by atoms with Crippen LogP contribution in [0.1, 0.15) is 51.5 Å². The highest BCUT2D eigenvalue weighted by atomic mass is 35.5. The van der Waals surface area contributed by atoms with Gasteiger partial charge in [-0.25, -0.2) is 4.79 Å². The van der Waals surface area contributed by atoms with Crippen molar-refractivity contribution >= 4 is 23.3 Å². The molecule has 0 aliphatic heterocycles. The molecular formula is C17H22ClF3N2O. The van der Waals surface area contributed by atoms with Gasteiger partial charge >= 0.3 is 12.2 Å². The summed E-state index contributed by atoms with van der Waals surface area (Å²) < 4.78 is 38.5. The number of hydrogen-bond donors (Lipinski definition) is 1. The number of benzene rings is 1. The van der Waals surface area contributed by atoms with E-state index in [1.54, 1.807) is 4.90 Å². The Morgan fingerprint density at radius 3 is 2.42 bits per heavy atom. The van der Waals surface area contributed by atoms with Gasteiger partial charge in [0.15, 0.2) is 0 Å². The first-order valence-corrected chi connectivity index (χ1v) is 8.54. The molecule has 1 aromatic carbocycles. The minimum absolute atomic E-state index is 0.0158. The maximum absolute atomic E-state index is 12.8. The highest BCUT2D eigenvalue weighted by Crippen LogP contribution is 2.34. The number of carbonyl (C=O) groups excluding carboxylic acids is 1. The fraction of sp³-hybridized carbons (Fsp3) is 0.588. The fourth-order valence-electron chi connectivity index (χ4n) is 3.16. The highest BCUT2D eigenvalue weighted by molar-refractivity contribution is 6.33. The summed E-state index contributed by atoms with van der Waals surface area (Å²) in [5, 5.41) is 2.64. The van der Waals surface area contributed by atoms with Gasteiger partial charge in [-0.05, 0) is 44.9 Å². The molecule has 0 saturated heterocycles. The molecule has 1 N–H and O–H groups in total. The van der Waals surface area contributed by atoms with Crippen molar-refractivity contribution in [2.45, 2.75) is 64.2 Å². The van der Waals surface area contributed by atoms with Crippen LogP contribution in [0.5, 0.6) is 0 Å². The van der Waals surface area contributed by atoms with Crippen molar-refractivity contribution in [3.63, 3.8) is 0 Å². The maximum atomic E-state index is 12.8. The largest absolute Gasteiger partial charge is 0.416 e. The van der Waals surface area contributed by atoms with E-state index >= 15 is 0 Å². The van der Waals surface area contributed by atoms with Crippen LogP contribution in [0.25, 0.3) is 0 Å². The summed E-state index contributed by atoms with van der Waals surface area (Å²) in [5.41, 5.74) is -0.853. The van der Waals surface area contributed by atoms with Gasteiger partial charge in [0.25, 0.3) is 0 Å². The lowest BCUT2D eigenvalue weighted by Crippen LogP contribution is -2.47. The number of halogens is 4. The minimum atomic E-state index is -4.48. The van der Waals surface area contributed by atoms with Crippen LogP contribution in [-0.2, 0) is 6.18 Å². The molecule has 0 spiro atoms. The third-order valence-corrected chi connectivity index (χ3v) is 4.62. The number of amides is 2. The van der Waals surface area contributed by atoms with Gasteiger partial charge < -0.3 is 10.2 Å². The van der Waals surface area contributed by atoms with Gasteiger partial charge in [-0.2, -0.15) is 13.2 Å². The van der Waals surface area contributed by atoms with Crippen molar-refractivity contribution in [2.24, 2.45) is 0 Å². The van der Waals surface area contributed by atoms with Crippen LogP contribution in [0.3, 0.4) is 0 Å². The van der Waals surface area contributed by atoms with Gasteiger partial charge in [-0.15, -0.1) is 0 Å². The van der Waals surface area contributed by atoms with Gasteiger partial charge in [0.05, 0.1) is 16.3 Å². The molecule has 1 aliphatic rings. The molecule has 2 rings (SSSR count). The Labute approximate surface area is 145 Å². The van der Waals surface area contributed by atoms with Gasteiger partial charge in [0, 0.05) is 12.1 Å². The van der Waals surface area contributed by atoms with Gasteiger partial charge in [-0.1, -0.05) is 30.9 Å². The Balaban J connectivity index is 2.20. The van der Waals surface area contributed by atoms with E-state index in [1.165, 1.54) is 0 Å². The number of nitrogens with zero attached hydrogens (tertiary/aromatic N) is 1. The predicted molar refractivity (Wildman–Crippen MR) is 89.3 cm³/mol. The van der Waals surface area contributed by atoms with Crippen LogP contribution in [0.4, 0.5) is 23.7 Å². The molecule has 1 fully saturated rings. The number of anilines is 1. The molecule has 0 atom stereocenters. The average Bonchev–Trinajstić information content (AvgIpc) is 2.49. The first-order chi connectivity index (χ1) is 11.2. The van der Waals surface area contributed by atoms with Crippen LogP contribution >= 0.6 is 11.6 Å². The quantitative estimate of drug-likeness (QED) is 0.709. The van der Waals surface area contributed by atoms with Gasteiger partial charge in [0.1, 0.15) is 0 Å². The molecule has 0 aromatic heterocycles. The minimum Gasteiger partial charge on any atom is -0.319 e. The number of nitrogens with one attached hydrogen (secondary N) is 1. The molecule has 1 aromatic rings. The molecule has 2 amide bonds. The third-order valence-electron chi connectivity index (χ3n) is 4.29. The average molecular weight is 363 g/mol. The highest BCUT2D eigenvalue weighted by Gasteiger charge is 2.32. The SMILES string of the molecule is CC(C)N(C(=O)Nc1cc(C(F)(F)F)ccc1Cl)C1CCCCC1. The molecular weight excluding hydrogens is 341 g/mol. The molecule has 0 unspecified atom stereocenters. The normalized spacial score (nSPS) is 16.3. The number of rotatable bonds is 3. The second-order valence-corrected chi connectivity index (χ2v) is 6.82. The van der Waals surface area contributed by atoms with E-state index in [2.05, 4.69) is 5.32 Å². The standard InChI is InChI=1S/C17H22ClF3N2O/c1-11(2)23(13-6-4-3-5-7-13)16(24)22-15-10-12(17(19,20)21)8-9-14(15)18/h8-11,13H,3-7H2,1-2H3,(H,22,24). The molecule has 24 heavy (non-hydrogen) atoms. The fourth-order valence-corrected chi connectivity index (χ4v) is 3.32. The topological polar surface area (TPSA) is 32.3 Å². The number of alkyl halides is 3. The smallest absolute Gasteiger partial charge is 0.319 e. The molecule has 0 heterocycles. The molecule has 0 radical (unpaired) electrons. The van der Waals surface area contributed by atoms with Crippen LogP contribution < -0.4 is 5.32 Å². The summed E-state index contributed by atoms with van der Waals surface area (Å²) in [4.78, 5) is 14.4. The van der Waals surface area contributed by atoms with Gasteiger partial charge in [-0.3, -0.25) is 0 Å². The van der Waals surface area contributed by atoms with Crippen molar-refractivity contribution in [2.75, 3.05) is 5.32 Å². The van der Waals surface area contributed by atoms with E-state index in [0.29, 0.717) is 0 Å². The van der Waals surface area contributed by atoms with Crippen LogP contribution in [0, 0.1) is 0 Å². The Hall–Kier alpha value is -1.43. The first-order valence-electron chi connectivity index (χ1n) is 8.16. The summed E-state index contributed by atoms with van der Waals surface area (Å²) in [6.07, 6.45) is 0.634. The van der Waals surface area contributed by atoms with E-state index in [4.69, 9.17) is 11.6 Å². The Morgan fingerprint density at radius 1 is 1.25 bits per heavy atom. The molecule has 134 valence electrons. The van der Waals surface area contributed by atoms with E-state index < -0.39 is 17.8 Å². The van der Waals surface area contributed by atoms with E-state index in [9.17, 15) is 18.0 Å². The van der Waals surface area contributed by atoms with Crippen LogP contribution in [0.2, 0.25) is 5.02 Å². The zero-order chi connectivity index (χ0) is 17.9. The van der Waals surface area contributed by atoms with Gasteiger partial charge in [0.2, 0.25) is 0 Å². The molecule has 3 nitrogen and oxygen atoms in total. The monoisotopic (exact) mass is 362 g/mol. The zero-order valence-electron chi connectivity index (χ0n) is 13.8. The van der Waals surface area contributed by atoms with Crippen molar-refractivity contribution < 1.29 is 18.0 Å². The second-order valence-electron chi connectivity index (χ2n) is 6.42. The summed E-state index contributed by atoms with van der Waals surface area (Å²) in [5.74, 6) is 0. The Morgan fingerprint density at radius 2 is 1.88 bits per heavy atom. The van der Waals surface area contributed by atoms with Crippen molar-refractivity contribution in [3.05, 3.63) is 28.8 Å². The number of urea groups is 1. The van der Waals surface area contributed by atoms with E-state index in [1.807, 2.05) is 13.8 Å². The summed E-state index contributed by atoms with van der Waals surface area (Å²) in [6.45, 7) is 3.81. The second kappa shape index (κ2) is 7.64. The molecule has 0 bridgehead atoms. The summed E-state index contributed by atoms with van der Waals surface area (Å²) in [7, 11) is 0. The maximum Gasteiger partial charge on any atom is 0.416 e. The Kier molecular flexibility index (Phi) is 6.01. The molecule has 1 saturated carbocycles. The summed E-state index contributed by atoms with van der Waals surface area (Å²) >= 11 is 5.96. The van der Waals surface area contributed by atoms with E-state index in [-0.39, 0.29) is 22.8 Å². The number of carbonyl (C=O) groups is 1. The number of hydrogen-bond acceptors (Lipinski definition) is 1. The van der Waals surface area contributed by atoms with Crippen molar-refractivity contribution in [3.8, 4) is 0 Å². The molecule has 1 aliphatic carbocycles. The van der Waals surface area contributed by atoms with E-state index in [0.717, 1.165) is 50.3 Å². The predicted octanol–water partition coefficient (Wildman–Crippen LogP) is 5.93. The summed E-state index contributed by atoms with van der Waals surface area (Å²) in [6, 6.07) is 2.60. The molecule has 7 heteroatoms. The van der Waals surface area contributed by atoms with Crippen LogP contribution in [0.15, 0.2) is 18.2 Å². The first kappa shape index (κ1) is 18.9. The lowest BCUT2D eigenvalue weighted by molar-refractivity contribution is -0.137. The third kappa shape index (κ3) is 4.56. The van der Waals surface area contributed by atoms with Crippen molar-refractivity contribution in [1.82, 2.24) is 4.90 Å². The Bertz CT molecular complexity index is 584. The van der Waals surface area contributed by atoms with Crippen LogP contribution in [-0.4, -0.2) is 23.0 Å².